The molecule has 0 aromatic carbocycles. The molecule has 2 N–H and O–H groups in total. The summed E-state index contributed by atoms with van der Waals surface area (Å²) in [7, 11) is 1.94. The molecule has 0 aliphatic heterocycles. The van der Waals surface area contributed by atoms with E-state index in [2.05, 4.69) is 20.8 Å². The zero-order chi connectivity index (χ0) is 13.0. The standard InChI is InChI=1S/C14H28N2O/c1-5-10(2)9-16(4)14(17)12-6-7-13(15)11(3)8-12/h10-13H,5-9,15H2,1-4H3. The Kier molecular flexibility index (Phi) is 5.44. The number of carbonyl (C=O) groups excluding carboxylic acids is 1. The maximum Gasteiger partial charge on any atom is 0.225 e. The van der Waals surface area contributed by atoms with Gasteiger partial charge in [0.2, 0.25) is 5.91 Å². The normalized spacial score (nSPS) is 31.0. The van der Waals surface area contributed by atoms with Crippen molar-refractivity contribution in [3.05, 3.63) is 0 Å². The Labute approximate surface area is 106 Å². The van der Waals surface area contributed by atoms with Crippen LogP contribution in [0, 0.1) is 17.8 Å². The second-order valence-electron chi connectivity index (χ2n) is 5.88. The summed E-state index contributed by atoms with van der Waals surface area (Å²) < 4.78 is 0. The Balaban J connectivity index is 2.47. The van der Waals surface area contributed by atoms with Crippen molar-refractivity contribution in [1.82, 2.24) is 4.90 Å². The van der Waals surface area contributed by atoms with Gasteiger partial charge >= 0.3 is 0 Å². The molecule has 0 radical (unpaired) electrons. The highest BCUT2D eigenvalue weighted by molar-refractivity contribution is 5.78. The first-order valence-electron chi connectivity index (χ1n) is 6.96. The van der Waals surface area contributed by atoms with Gasteiger partial charge < -0.3 is 10.6 Å². The van der Waals surface area contributed by atoms with Crippen LogP contribution >= 0.6 is 0 Å². The third kappa shape index (κ3) is 3.98. The summed E-state index contributed by atoms with van der Waals surface area (Å²) in [5, 5.41) is 0. The van der Waals surface area contributed by atoms with E-state index in [1.807, 2.05) is 11.9 Å². The molecule has 1 amide bonds. The van der Waals surface area contributed by atoms with Gasteiger partial charge in [0.15, 0.2) is 0 Å². The van der Waals surface area contributed by atoms with Crippen LogP contribution in [0.3, 0.4) is 0 Å². The van der Waals surface area contributed by atoms with E-state index < -0.39 is 0 Å². The van der Waals surface area contributed by atoms with E-state index >= 15 is 0 Å². The molecular formula is C14H28N2O. The van der Waals surface area contributed by atoms with Gasteiger partial charge in [-0.3, -0.25) is 4.79 Å². The average molecular weight is 240 g/mol. The summed E-state index contributed by atoms with van der Waals surface area (Å²) in [6.07, 6.45) is 4.05. The Morgan fingerprint density at radius 3 is 2.65 bits per heavy atom. The molecule has 0 spiro atoms. The molecular weight excluding hydrogens is 212 g/mol. The number of carbonyl (C=O) groups is 1. The molecule has 3 nitrogen and oxygen atoms in total. The summed E-state index contributed by atoms with van der Waals surface area (Å²) in [6.45, 7) is 7.42. The Bertz CT molecular complexity index is 255. The first-order chi connectivity index (χ1) is 7.95. The number of amides is 1. The summed E-state index contributed by atoms with van der Waals surface area (Å²) in [6, 6.07) is 0.291. The van der Waals surface area contributed by atoms with Crippen molar-refractivity contribution < 1.29 is 4.79 Å². The first-order valence-corrected chi connectivity index (χ1v) is 6.96. The maximum absolute atomic E-state index is 12.3. The molecule has 17 heavy (non-hydrogen) atoms. The lowest BCUT2D eigenvalue weighted by atomic mass is 9.78. The summed E-state index contributed by atoms with van der Waals surface area (Å²) >= 11 is 0. The SMILES string of the molecule is CCC(C)CN(C)C(=O)C1CCC(N)C(C)C1. The minimum atomic E-state index is 0.207. The quantitative estimate of drug-likeness (QED) is 0.819. The first kappa shape index (κ1) is 14.5. The Morgan fingerprint density at radius 2 is 2.12 bits per heavy atom. The fraction of sp³-hybridized carbons (Fsp3) is 0.929. The minimum Gasteiger partial charge on any atom is -0.345 e. The van der Waals surface area contributed by atoms with Crippen LogP contribution < -0.4 is 5.73 Å². The van der Waals surface area contributed by atoms with Crippen LogP contribution in [-0.4, -0.2) is 30.4 Å². The Morgan fingerprint density at radius 1 is 1.47 bits per heavy atom. The monoisotopic (exact) mass is 240 g/mol. The average Bonchev–Trinajstić information content (AvgIpc) is 2.31. The third-order valence-electron chi connectivity index (χ3n) is 4.24. The second-order valence-corrected chi connectivity index (χ2v) is 5.88. The largest absolute Gasteiger partial charge is 0.345 e. The van der Waals surface area contributed by atoms with Crippen molar-refractivity contribution in [3.8, 4) is 0 Å². The van der Waals surface area contributed by atoms with E-state index in [4.69, 9.17) is 5.73 Å². The van der Waals surface area contributed by atoms with Gasteiger partial charge in [0.25, 0.3) is 0 Å². The smallest absolute Gasteiger partial charge is 0.225 e. The fourth-order valence-electron chi connectivity index (χ4n) is 2.64. The lowest BCUT2D eigenvalue weighted by molar-refractivity contribution is -0.136. The lowest BCUT2D eigenvalue weighted by Gasteiger charge is -2.33. The van der Waals surface area contributed by atoms with Gasteiger partial charge in [-0.15, -0.1) is 0 Å². The predicted octanol–water partition coefficient (Wildman–Crippen LogP) is 2.25. The van der Waals surface area contributed by atoms with Crippen LogP contribution in [0.2, 0.25) is 0 Å². The molecule has 4 unspecified atom stereocenters. The van der Waals surface area contributed by atoms with Gasteiger partial charge in [0.1, 0.15) is 0 Å². The van der Waals surface area contributed by atoms with Crippen LogP contribution in [-0.2, 0) is 4.79 Å². The molecule has 100 valence electrons. The van der Waals surface area contributed by atoms with Gasteiger partial charge in [-0.25, -0.2) is 0 Å². The number of nitrogens with zero attached hydrogens (tertiary/aromatic N) is 1. The van der Waals surface area contributed by atoms with Gasteiger partial charge in [0, 0.05) is 25.6 Å². The van der Waals surface area contributed by atoms with Crippen molar-refractivity contribution in [2.75, 3.05) is 13.6 Å². The molecule has 1 aliphatic carbocycles. The van der Waals surface area contributed by atoms with E-state index in [1.54, 1.807) is 0 Å². The highest BCUT2D eigenvalue weighted by atomic mass is 16.2. The Hall–Kier alpha value is -0.570. The molecule has 3 heteroatoms. The molecule has 4 atom stereocenters. The van der Waals surface area contributed by atoms with Crippen molar-refractivity contribution in [2.45, 2.75) is 52.5 Å². The second kappa shape index (κ2) is 6.39. The van der Waals surface area contributed by atoms with E-state index in [1.165, 1.54) is 0 Å². The van der Waals surface area contributed by atoms with Crippen molar-refractivity contribution in [2.24, 2.45) is 23.5 Å². The van der Waals surface area contributed by atoms with E-state index in [-0.39, 0.29) is 5.92 Å². The summed E-state index contributed by atoms with van der Waals surface area (Å²) in [5.41, 5.74) is 5.99. The fourth-order valence-corrected chi connectivity index (χ4v) is 2.64. The molecule has 0 aromatic heterocycles. The molecule has 0 aromatic rings. The molecule has 0 saturated heterocycles. The summed E-state index contributed by atoms with van der Waals surface area (Å²) in [4.78, 5) is 14.2. The van der Waals surface area contributed by atoms with Gasteiger partial charge in [-0.1, -0.05) is 27.2 Å². The molecule has 0 bridgehead atoms. The van der Waals surface area contributed by atoms with Gasteiger partial charge in [0.05, 0.1) is 0 Å². The maximum atomic E-state index is 12.3. The van der Waals surface area contributed by atoms with Gasteiger partial charge in [-0.05, 0) is 31.1 Å². The molecule has 1 saturated carbocycles. The third-order valence-corrected chi connectivity index (χ3v) is 4.24. The zero-order valence-corrected chi connectivity index (χ0v) is 11.8. The zero-order valence-electron chi connectivity index (χ0n) is 11.8. The number of hydrogen-bond acceptors (Lipinski definition) is 2. The topological polar surface area (TPSA) is 46.3 Å². The van der Waals surface area contributed by atoms with Crippen LogP contribution in [0.1, 0.15) is 46.5 Å². The van der Waals surface area contributed by atoms with Crippen LogP contribution in [0.25, 0.3) is 0 Å². The number of hydrogen-bond donors (Lipinski definition) is 1. The van der Waals surface area contributed by atoms with Crippen molar-refractivity contribution in [1.29, 1.82) is 0 Å². The highest BCUT2D eigenvalue weighted by Gasteiger charge is 2.31. The number of rotatable bonds is 4. The summed E-state index contributed by atoms with van der Waals surface area (Å²) in [5.74, 6) is 1.60. The van der Waals surface area contributed by atoms with Gasteiger partial charge in [-0.2, -0.15) is 0 Å². The van der Waals surface area contributed by atoms with Crippen molar-refractivity contribution >= 4 is 5.91 Å². The van der Waals surface area contributed by atoms with Crippen LogP contribution in [0.4, 0.5) is 0 Å². The number of nitrogens with two attached hydrogens (primary N) is 1. The lowest BCUT2D eigenvalue weighted by Crippen LogP contribution is -2.42. The minimum absolute atomic E-state index is 0.207. The molecule has 1 fully saturated rings. The molecule has 1 aliphatic rings. The van der Waals surface area contributed by atoms with Crippen LogP contribution in [0.15, 0.2) is 0 Å². The highest BCUT2D eigenvalue weighted by Crippen LogP contribution is 2.29. The molecule has 0 heterocycles. The van der Waals surface area contributed by atoms with Crippen LogP contribution in [0.5, 0.6) is 0 Å². The van der Waals surface area contributed by atoms with E-state index in [0.717, 1.165) is 32.2 Å². The predicted molar refractivity (Wildman–Crippen MR) is 71.6 cm³/mol. The van der Waals surface area contributed by atoms with E-state index in [9.17, 15) is 4.79 Å². The van der Waals surface area contributed by atoms with E-state index in [0.29, 0.717) is 23.8 Å². The van der Waals surface area contributed by atoms with Crippen molar-refractivity contribution in [3.63, 3.8) is 0 Å². The molecule has 1 rings (SSSR count).